The molecule has 2 heterocycles. The first-order valence-corrected chi connectivity index (χ1v) is 9.95. The number of nitrogens with zero attached hydrogens (tertiary/aromatic N) is 2. The van der Waals surface area contributed by atoms with Gasteiger partial charge in [0.2, 0.25) is 10.0 Å². The summed E-state index contributed by atoms with van der Waals surface area (Å²) in [6.07, 6.45) is 2.44. The van der Waals surface area contributed by atoms with E-state index < -0.39 is 16.1 Å². The SMILES string of the molecule is NS(=O)(=O)c1cccnc1N1CCC([C@H](O)c2ccc(Cl)cc2)CC1. The van der Waals surface area contributed by atoms with Crippen molar-refractivity contribution in [2.24, 2.45) is 11.1 Å². The number of hydrogen-bond acceptors (Lipinski definition) is 5. The quantitative estimate of drug-likeness (QED) is 0.847. The molecule has 25 heavy (non-hydrogen) atoms. The predicted molar refractivity (Wildman–Crippen MR) is 97.0 cm³/mol. The number of hydrogen-bond donors (Lipinski definition) is 2. The van der Waals surface area contributed by atoms with Gasteiger partial charge in [-0.2, -0.15) is 0 Å². The maximum Gasteiger partial charge on any atom is 0.241 e. The van der Waals surface area contributed by atoms with Gasteiger partial charge in [0.25, 0.3) is 0 Å². The molecule has 0 saturated carbocycles. The van der Waals surface area contributed by atoms with Gasteiger partial charge in [0.15, 0.2) is 0 Å². The summed E-state index contributed by atoms with van der Waals surface area (Å²) >= 11 is 5.89. The molecule has 8 heteroatoms. The van der Waals surface area contributed by atoms with E-state index in [-0.39, 0.29) is 10.8 Å². The minimum absolute atomic E-state index is 0.0340. The van der Waals surface area contributed by atoms with E-state index in [1.54, 1.807) is 24.4 Å². The zero-order chi connectivity index (χ0) is 18.0. The first-order valence-electron chi connectivity index (χ1n) is 8.02. The zero-order valence-electron chi connectivity index (χ0n) is 13.5. The summed E-state index contributed by atoms with van der Waals surface area (Å²) in [7, 11) is -3.83. The summed E-state index contributed by atoms with van der Waals surface area (Å²) in [4.78, 5) is 6.14. The molecule has 1 aliphatic heterocycles. The molecule has 0 spiro atoms. The van der Waals surface area contributed by atoms with Crippen LogP contribution in [0.3, 0.4) is 0 Å². The second kappa shape index (κ2) is 7.29. The van der Waals surface area contributed by atoms with Gasteiger partial charge >= 0.3 is 0 Å². The summed E-state index contributed by atoms with van der Waals surface area (Å²) in [6.45, 7) is 1.21. The van der Waals surface area contributed by atoms with Gasteiger partial charge in [-0.15, -0.1) is 0 Å². The highest BCUT2D eigenvalue weighted by Crippen LogP contribution is 2.33. The Morgan fingerprint density at radius 3 is 2.44 bits per heavy atom. The highest BCUT2D eigenvalue weighted by Gasteiger charge is 2.29. The van der Waals surface area contributed by atoms with Gasteiger partial charge in [-0.05, 0) is 48.6 Å². The maximum atomic E-state index is 11.7. The lowest BCUT2D eigenvalue weighted by molar-refractivity contribution is 0.0928. The van der Waals surface area contributed by atoms with Crippen LogP contribution in [0.2, 0.25) is 5.02 Å². The van der Waals surface area contributed by atoms with Crippen LogP contribution in [0.5, 0.6) is 0 Å². The van der Waals surface area contributed by atoms with Crippen LogP contribution in [0.25, 0.3) is 0 Å². The average Bonchev–Trinajstić information content (AvgIpc) is 2.61. The van der Waals surface area contributed by atoms with Crippen LogP contribution in [-0.2, 0) is 10.0 Å². The van der Waals surface area contributed by atoms with Crippen molar-refractivity contribution in [2.75, 3.05) is 18.0 Å². The molecule has 0 aliphatic carbocycles. The van der Waals surface area contributed by atoms with Crippen molar-refractivity contribution in [1.82, 2.24) is 4.98 Å². The highest BCUT2D eigenvalue weighted by molar-refractivity contribution is 7.89. The molecule has 0 bridgehead atoms. The number of sulfonamides is 1. The van der Waals surface area contributed by atoms with Gasteiger partial charge < -0.3 is 10.0 Å². The lowest BCUT2D eigenvalue weighted by Crippen LogP contribution is -2.37. The first-order chi connectivity index (χ1) is 11.9. The molecular formula is C17H20ClN3O3S. The van der Waals surface area contributed by atoms with E-state index in [2.05, 4.69) is 4.98 Å². The molecule has 6 nitrogen and oxygen atoms in total. The minimum atomic E-state index is -3.83. The molecule has 0 amide bonds. The second-order valence-corrected chi connectivity index (χ2v) is 8.16. The van der Waals surface area contributed by atoms with Crippen LogP contribution in [-0.4, -0.2) is 31.6 Å². The molecule has 1 aliphatic rings. The summed E-state index contributed by atoms with van der Waals surface area (Å²) in [5.41, 5.74) is 0.839. The Morgan fingerprint density at radius 1 is 1.20 bits per heavy atom. The molecule has 1 aromatic carbocycles. The minimum Gasteiger partial charge on any atom is -0.388 e. The number of aliphatic hydroxyl groups excluding tert-OH is 1. The van der Waals surface area contributed by atoms with Crippen molar-refractivity contribution in [3.05, 3.63) is 53.2 Å². The van der Waals surface area contributed by atoms with Crippen LogP contribution in [0.4, 0.5) is 5.82 Å². The summed E-state index contributed by atoms with van der Waals surface area (Å²) in [5.74, 6) is 0.475. The van der Waals surface area contributed by atoms with Gasteiger partial charge in [0, 0.05) is 24.3 Å². The first kappa shape index (κ1) is 18.1. The fourth-order valence-corrected chi connectivity index (χ4v) is 4.03. The normalized spacial score (nSPS) is 17.5. The lowest BCUT2D eigenvalue weighted by Gasteiger charge is -2.35. The second-order valence-electron chi connectivity index (χ2n) is 6.19. The van der Waals surface area contributed by atoms with E-state index >= 15 is 0 Å². The van der Waals surface area contributed by atoms with E-state index in [1.807, 2.05) is 17.0 Å². The van der Waals surface area contributed by atoms with E-state index in [0.29, 0.717) is 23.9 Å². The number of halogens is 1. The van der Waals surface area contributed by atoms with E-state index in [1.165, 1.54) is 6.07 Å². The summed E-state index contributed by atoms with van der Waals surface area (Å²) in [6, 6.07) is 10.2. The number of rotatable bonds is 4. The monoisotopic (exact) mass is 381 g/mol. The highest BCUT2D eigenvalue weighted by atomic mass is 35.5. The smallest absolute Gasteiger partial charge is 0.241 e. The number of aliphatic hydroxyl groups is 1. The van der Waals surface area contributed by atoms with Crippen LogP contribution in [0.1, 0.15) is 24.5 Å². The van der Waals surface area contributed by atoms with Gasteiger partial charge in [-0.1, -0.05) is 23.7 Å². The third-order valence-electron chi connectivity index (χ3n) is 4.55. The average molecular weight is 382 g/mol. The molecule has 134 valence electrons. The molecule has 3 rings (SSSR count). The number of primary sulfonamides is 1. The Kier molecular flexibility index (Phi) is 5.29. The zero-order valence-corrected chi connectivity index (χ0v) is 15.1. The fraction of sp³-hybridized carbons (Fsp3) is 0.353. The molecular weight excluding hydrogens is 362 g/mol. The topological polar surface area (TPSA) is 96.5 Å². The maximum absolute atomic E-state index is 11.7. The van der Waals surface area contributed by atoms with E-state index in [9.17, 15) is 13.5 Å². The van der Waals surface area contributed by atoms with Crippen LogP contribution >= 0.6 is 11.6 Å². The molecule has 0 unspecified atom stereocenters. The summed E-state index contributed by atoms with van der Waals surface area (Å²) < 4.78 is 23.5. The summed E-state index contributed by atoms with van der Waals surface area (Å²) in [5, 5.41) is 16.5. The van der Waals surface area contributed by atoms with Crippen molar-refractivity contribution in [2.45, 2.75) is 23.8 Å². The molecule has 2 aromatic rings. The Balaban J connectivity index is 1.71. The number of anilines is 1. The van der Waals surface area contributed by atoms with Crippen LogP contribution in [0, 0.1) is 5.92 Å². The number of piperidine rings is 1. The molecule has 1 atom stereocenters. The van der Waals surface area contributed by atoms with Gasteiger partial charge in [0.05, 0.1) is 6.10 Å². The number of aromatic nitrogens is 1. The van der Waals surface area contributed by atoms with E-state index in [0.717, 1.165) is 18.4 Å². The van der Waals surface area contributed by atoms with Crippen molar-refractivity contribution >= 4 is 27.4 Å². The molecule has 3 N–H and O–H groups in total. The van der Waals surface area contributed by atoms with Crippen molar-refractivity contribution < 1.29 is 13.5 Å². The number of nitrogens with two attached hydrogens (primary N) is 1. The molecule has 0 radical (unpaired) electrons. The fourth-order valence-electron chi connectivity index (χ4n) is 3.20. The van der Waals surface area contributed by atoms with Gasteiger partial charge in [-0.25, -0.2) is 18.5 Å². The van der Waals surface area contributed by atoms with Crippen molar-refractivity contribution in [3.63, 3.8) is 0 Å². The van der Waals surface area contributed by atoms with Crippen molar-refractivity contribution in [1.29, 1.82) is 0 Å². The van der Waals surface area contributed by atoms with E-state index in [4.69, 9.17) is 16.7 Å². The van der Waals surface area contributed by atoms with Gasteiger partial charge in [0.1, 0.15) is 10.7 Å². The third-order valence-corrected chi connectivity index (χ3v) is 5.74. The van der Waals surface area contributed by atoms with Crippen LogP contribution < -0.4 is 10.0 Å². The molecule has 1 fully saturated rings. The Morgan fingerprint density at radius 2 is 1.84 bits per heavy atom. The molecule has 1 saturated heterocycles. The standard InChI is InChI=1S/C17H20ClN3O3S/c18-14-5-3-12(4-6-14)16(22)13-7-10-21(11-8-13)17-15(25(19,23)24)2-1-9-20-17/h1-6,9,13,16,22H,7-8,10-11H2,(H2,19,23,24)/t16-/m1/s1. The third kappa shape index (κ3) is 4.12. The number of pyridine rings is 1. The number of benzene rings is 1. The largest absolute Gasteiger partial charge is 0.388 e. The van der Waals surface area contributed by atoms with Gasteiger partial charge in [-0.3, -0.25) is 0 Å². The molecule has 1 aromatic heterocycles. The van der Waals surface area contributed by atoms with Crippen molar-refractivity contribution in [3.8, 4) is 0 Å². The Hall–Kier alpha value is -1.67. The predicted octanol–water partition coefficient (Wildman–Crippen LogP) is 2.33. The lowest BCUT2D eigenvalue weighted by atomic mass is 9.87. The van der Waals surface area contributed by atoms with Crippen LogP contribution in [0.15, 0.2) is 47.5 Å². The Bertz CT molecular complexity index is 834. The Labute approximate surface area is 152 Å².